The van der Waals surface area contributed by atoms with E-state index in [-0.39, 0.29) is 18.3 Å². The van der Waals surface area contributed by atoms with E-state index in [1.807, 2.05) is 38.1 Å². The second-order valence-corrected chi connectivity index (χ2v) is 8.10. The van der Waals surface area contributed by atoms with Gasteiger partial charge in [-0.25, -0.2) is 0 Å². The Balaban J connectivity index is 2.57. The van der Waals surface area contributed by atoms with Crippen molar-refractivity contribution < 1.29 is 17.9 Å². The predicted molar refractivity (Wildman–Crippen MR) is 95.9 cm³/mol. The van der Waals surface area contributed by atoms with Crippen LogP contribution in [0.4, 0.5) is 13.2 Å². The molecule has 1 nitrogen and oxygen atoms in total. The van der Waals surface area contributed by atoms with Crippen LogP contribution in [0.1, 0.15) is 58.9 Å². The van der Waals surface area contributed by atoms with Crippen LogP contribution < -0.4 is 0 Å². The molecule has 5 heteroatoms. The molecule has 0 amide bonds. The summed E-state index contributed by atoms with van der Waals surface area (Å²) in [5, 5.41) is 0. The quantitative estimate of drug-likeness (QED) is 0.394. The summed E-state index contributed by atoms with van der Waals surface area (Å²) in [4.78, 5) is 0. The monoisotopic (exact) mass is 408 g/mol. The van der Waals surface area contributed by atoms with Gasteiger partial charge >= 0.3 is 6.18 Å². The summed E-state index contributed by atoms with van der Waals surface area (Å²) in [7, 11) is 0. The van der Waals surface area contributed by atoms with Gasteiger partial charge in [-0.3, -0.25) is 0 Å². The normalized spacial score (nSPS) is 17.3. The van der Waals surface area contributed by atoms with Gasteiger partial charge in [-0.05, 0) is 42.4 Å². The van der Waals surface area contributed by atoms with Crippen LogP contribution in [0.5, 0.6) is 0 Å². The van der Waals surface area contributed by atoms with Crippen molar-refractivity contribution in [1.82, 2.24) is 0 Å². The number of halogens is 4. The minimum atomic E-state index is -4.17. The first-order valence-electron chi connectivity index (χ1n) is 8.44. The Bertz CT molecular complexity index is 500. The molecule has 138 valence electrons. The Morgan fingerprint density at radius 1 is 1.00 bits per heavy atom. The molecule has 0 aromatic heterocycles. The van der Waals surface area contributed by atoms with Crippen molar-refractivity contribution in [2.24, 2.45) is 10.8 Å². The van der Waals surface area contributed by atoms with Crippen LogP contribution in [0.2, 0.25) is 0 Å². The lowest BCUT2D eigenvalue weighted by molar-refractivity contribution is -0.230. The third-order valence-corrected chi connectivity index (χ3v) is 5.70. The first kappa shape index (κ1) is 21.5. The second-order valence-electron chi connectivity index (χ2n) is 7.18. The van der Waals surface area contributed by atoms with Gasteiger partial charge in [0.05, 0.1) is 12.0 Å². The SMILES string of the molecule is CCC(C)(CCOCc1ccc(Br)cc1)CC(C)(CC)C(F)(F)F. The van der Waals surface area contributed by atoms with Gasteiger partial charge in [-0.15, -0.1) is 0 Å². The Labute approximate surface area is 152 Å². The van der Waals surface area contributed by atoms with Gasteiger partial charge in [0, 0.05) is 11.1 Å². The number of rotatable bonds is 9. The molecule has 0 spiro atoms. The molecule has 0 bridgehead atoms. The van der Waals surface area contributed by atoms with Crippen LogP contribution in [0.3, 0.4) is 0 Å². The highest BCUT2D eigenvalue weighted by molar-refractivity contribution is 9.10. The van der Waals surface area contributed by atoms with Crippen LogP contribution in [-0.4, -0.2) is 12.8 Å². The zero-order valence-electron chi connectivity index (χ0n) is 15.0. The lowest BCUT2D eigenvalue weighted by Gasteiger charge is -2.40. The van der Waals surface area contributed by atoms with E-state index in [2.05, 4.69) is 15.9 Å². The fourth-order valence-electron chi connectivity index (χ4n) is 2.85. The van der Waals surface area contributed by atoms with E-state index >= 15 is 0 Å². The van der Waals surface area contributed by atoms with Crippen molar-refractivity contribution >= 4 is 15.9 Å². The maximum atomic E-state index is 13.4. The van der Waals surface area contributed by atoms with Crippen molar-refractivity contribution in [1.29, 1.82) is 0 Å². The molecule has 0 saturated carbocycles. The molecular weight excluding hydrogens is 381 g/mol. The molecule has 0 N–H and O–H groups in total. The average molecular weight is 409 g/mol. The molecule has 24 heavy (non-hydrogen) atoms. The van der Waals surface area contributed by atoms with Crippen LogP contribution in [0, 0.1) is 10.8 Å². The Hall–Kier alpha value is -0.550. The summed E-state index contributed by atoms with van der Waals surface area (Å²) in [6.45, 7) is 7.81. The van der Waals surface area contributed by atoms with Gasteiger partial charge < -0.3 is 4.74 Å². The molecular formula is C19H28BrF3O. The van der Waals surface area contributed by atoms with Gasteiger partial charge in [0.15, 0.2) is 0 Å². The largest absolute Gasteiger partial charge is 0.394 e. The summed E-state index contributed by atoms with van der Waals surface area (Å²) in [5.41, 5.74) is -0.950. The van der Waals surface area contributed by atoms with Crippen molar-refractivity contribution in [2.45, 2.75) is 66.2 Å². The number of ether oxygens (including phenoxy) is 1. The molecule has 1 rings (SSSR count). The van der Waals surface area contributed by atoms with E-state index in [9.17, 15) is 13.2 Å². The van der Waals surface area contributed by atoms with Crippen LogP contribution in [-0.2, 0) is 11.3 Å². The van der Waals surface area contributed by atoms with E-state index in [1.54, 1.807) is 6.92 Å². The molecule has 0 aliphatic carbocycles. The molecule has 1 aromatic carbocycles. The number of benzene rings is 1. The first-order valence-corrected chi connectivity index (χ1v) is 9.23. The van der Waals surface area contributed by atoms with E-state index in [0.29, 0.717) is 26.1 Å². The fourth-order valence-corrected chi connectivity index (χ4v) is 3.11. The number of hydrogen-bond donors (Lipinski definition) is 0. The molecule has 0 saturated heterocycles. The standard InChI is InChI=1S/C19H28BrF3O/c1-5-17(3,14-18(4,6-2)19(21,22)23)11-12-24-13-15-7-9-16(20)10-8-15/h7-10H,5-6,11-14H2,1-4H3. The molecule has 0 aliphatic heterocycles. The first-order chi connectivity index (χ1) is 11.1. The van der Waals surface area contributed by atoms with Crippen molar-refractivity contribution in [3.05, 3.63) is 34.3 Å². The number of alkyl halides is 3. The van der Waals surface area contributed by atoms with Crippen LogP contribution in [0.25, 0.3) is 0 Å². The molecule has 2 atom stereocenters. The Morgan fingerprint density at radius 3 is 2.04 bits per heavy atom. The molecule has 0 radical (unpaired) electrons. The van der Waals surface area contributed by atoms with E-state index in [4.69, 9.17) is 4.74 Å². The lowest BCUT2D eigenvalue weighted by atomic mass is 9.68. The fraction of sp³-hybridized carbons (Fsp3) is 0.684. The lowest BCUT2D eigenvalue weighted by Crippen LogP contribution is -2.39. The third kappa shape index (κ3) is 6.07. The summed E-state index contributed by atoms with van der Waals surface area (Å²) < 4.78 is 46.8. The zero-order chi connectivity index (χ0) is 18.4. The molecule has 0 aliphatic rings. The second kappa shape index (κ2) is 8.70. The smallest absolute Gasteiger partial charge is 0.377 e. The van der Waals surface area contributed by atoms with Crippen LogP contribution in [0.15, 0.2) is 28.7 Å². The Kier molecular flexibility index (Phi) is 7.79. The Morgan fingerprint density at radius 2 is 1.58 bits per heavy atom. The van der Waals surface area contributed by atoms with Gasteiger partial charge in [0.2, 0.25) is 0 Å². The third-order valence-electron chi connectivity index (χ3n) is 5.17. The topological polar surface area (TPSA) is 9.23 Å². The predicted octanol–water partition coefficient (Wildman–Crippen LogP) is 7.14. The van der Waals surface area contributed by atoms with Crippen molar-refractivity contribution in [3.63, 3.8) is 0 Å². The van der Waals surface area contributed by atoms with Crippen molar-refractivity contribution in [3.8, 4) is 0 Å². The molecule has 1 aromatic rings. The zero-order valence-corrected chi connectivity index (χ0v) is 16.6. The molecule has 0 fully saturated rings. The number of hydrogen-bond acceptors (Lipinski definition) is 1. The van der Waals surface area contributed by atoms with Gasteiger partial charge in [0.25, 0.3) is 0 Å². The molecule has 0 heterocycles. The highest BCUT2D eigenvalue weighted by Gasteiger charge is 2.52. The van der Waals surface area contributed by atoms with Gasteiger partial charge in [-0.2, -0.15) is 13.2 Å². The highest BCUT2D eigenvalue weighted by Crippen LogP contribution is 2.50. The maximum absolute atomic E-state index is 13.4. The van der Waals surface area contributed by atoms with Gasteiger partial charge in [-0.1, -0.05) is 62.2 Å². The minimum absolute atomic E-state index is 0.103. The summed E-state index contributed by atoms with van der Waals surface area (Å²) >= 11 is 3.38. The summed E-state index contributed by atoms with van der Waals surface area (Å²) in [6, 6.07) is 7.84. The summed E-state index contributed by atoms with van der Waals surface area (Å²) in [6.07, 6.45) is -2.59. The van der Waals surface area contributed by atoms with E-state index in [0.717, 1.165) is 10.0 Å². The summed E-state index contributed by atoms with van der Waals surface area (Å²) in [5.74, 6) is 0. The van der Waals surface area contributed by atoms with Crippen molar-refractivity contribution in [2.75, 3.05) is 6.61 Å². The van der Waals surface area contributed by atoms with Crippen LogP contribution >= 0.6 is 15.9 Å². The maximum Gasteiger partial charge on any atom is 0.394 e. The van der Waals surface area contributed by atoms with Gasteiger partial charge in [0.1, 0.15) is 0 Å². The average Bonchev–Trinajstić information content (AvgIpc) is 2.52. The highest BCUT2D eigenvalue weighted by atomic mass is 79.9. The van der Waals surface area contributed by atoms with E-state index < -0.39 is 11.6 Å². The van der Waals surface area contributed by atoms with E-state index in [1.165, 1.54) is 6.92 Å². The minimum Gasteiger partial charge on any atom is -0.377 e. The molecule has 2 unspecified atom stereocenters.